The molecule has 0 aliphatic heterocycles. The van der Waals surface area contributed by atoms with E-state index in [-0.39, 0.29) is 23.6 Å². The summed E-state index contributed by atoms with van der Waals surface area (Å²) in [4.78, 5) is 17.8. The standard InChI is InChI=1S/C28H31F3N6O2/c1-17-10-27(11-17,26-35-34-16-36(26)3)21-7-5-6-20(9-21)22-13-33-24-23(28(29,30)31)8-19(14-37(24)25(22)38)12-32-18(2)15-39-4/h5-9,13-14,16-18,32H,10-12,15H2,1-4H3/t17?,18-,27?/m0/s1. The Balaban J connectivity index is 1.60. The van der Waals surface area contributed by atoms with Crippen molar-refractivity contribution in [2.45, 2.75) is 50.9 Å². The molecule has 0 amide bonds. The Morgan fingerprint density at radius 3 is 2.67 bits per heavy atom. The van der Waals surface area contributed by atoms with E-state index in [0.717, 1.165) is 34.7 Å². The van der Waals surface area contributed by atoms with Gasteiger partial charge in [0.1, 0.15) is 12.2 Å². The summed E-state index contributed by atoms with van der Waals surface area (Å²) in [6.45, 7) is 4.58. The lowest BCUT2D eigenvalue weighted by Gasteiger charge is -2.46. The van der Waals surface area contributed by atoms with Crippen LogP contribution in [0.4, 0.5) is 13.2 Å². The molecule has 3 aromatic heterocycles. The molecule has 1 atom stereocenters. The fourth-order valence-corrected chi connectivity index (χ4v) is 5.72. The second-order valence-electron chi connectivity index (χ2n) is 10.6. The van der Waals surface area contributed by atoms with E-state index in [4.69, 9.17) is 4.74 Å². The Kier molecular flexibility index (Phi) is 7.06. The van der Waals surface area contributed by atoms with Gasteiger partial charge in [0.2, 0.25) is 0 Å². The number of hydrogen-bond acceptors (Lipinski definition) is 6. The molecule has 1 N–H and O–H groups in total. The lowest BCUT2D eigenvalue weighted by Crippen LogP contribution is -2.43. The van der Waals surface area contributed by atoms with Crippen molar-refractivity contribution in [1.82, 2.24) is 29.5 Å². The zero-order valence-electron chi connectivity index (χ0n) is 22.3. The molecule has 1 aliphatic rings. The summed E-state index contributed by atoms with van der Waals surface area (Å²) in [5, 5.41) is 11.6. The number of benzene rings is 1. The smallest absolute Gasteiger partial charge is 0.383 e. The molecule has 1 aromatic carbocycles. The van der Waals surface area contributed by atoms with Crippen molar-refractivity contribution < 1.29 is 17.9 Å². The summed E-state index contributed by atoms with van der Waals surface area (Å²) in [6, 6.07) is 8.52. The van der Waals surface area contributed by atoms with Crippen molar-refractivity contribution in [2.75, 3.05) is 13.7 Å². The molecule has 1 fully saturated rings. The Morgan fingerprint density at radius 2 is 2.03 bits per heavy atom. The van der Waals surface area contributed by atoms with Gasteiger partial charge in [-0.25, -0.2) is 4.98 Å². The Morgan fingerprint density at radius 1 is 1.26 bits per heavy atom. The second kappa shape index (κ2) is 10.2. The number of aromatic nitrogens is 5. The summed E-state index contributed by atoms with van der Waals surface area (Å²) < 4.78 is 50.0. The zero-order chi connectivity index (χ0) is 27.9. The van der Waals surface area contributed by atoms with E-state index in [1.807, 2.05) is 36.7 Å². The van der Waals surface area contributed by atoms with Gasteiger partial charge in [0, 0.05) is 39.1 Å². The number of nitrogens with one attached hydrogen (secondary N) is 1. The largest absolute Gasteiger partial charge is 0.419 e. The predicted molar refractivity (Wildman–Crippen MR) is 140 cm³/mol. The van der Waals surface area contributed by atoms with Crippen molar-refractivity contribution in [3.8, 4) is 11.1 Å². The lowest BCUT2D eigenvalue weighted by atomic mass is 9.58. The number of hydrogen-bond donors (Lipinski definition) is 1. The maximum Gasteiger partial charge on any atom is 0.419 e. The van der Waals surface area contributed by atoms with Gasteiger partial charge >= 0.3 is 6.18 Å². The molecule has 0 radical (unpaired) electrons. The molecule has 0 bridgehead atoms. The van der Waals surface area contributed by atoms with Crippen LogP contribution in [0, 0.1) is 5.92 Å². The van der Waals surface area contributed by atoms with E-state index in [9.17, 15) is 18.0 Å². The zero-order valence-corrected chi connectivity index (χ0v) is 22.3. The first-order valence-electron chi connectivity index (χ1n) is 12.8. The van der Waals surface area contributed by atoms with Gasteiger partial charge in [0.15, 0.2) is 5.65 Å². The summed E-state index contributed by atoms with van der Waals surface area (Å²) in [6.07, 6.45) is 1.42. The van der Waals surface area contributed by atoms with Crippen LogP contribution < -0.4 is 10.9 Å². The fourth-order valence-electron chi connectivity index (χ4n) is 5.72. The highest BCUT2D eigenvalue weighted by Gasteiger charge is 2.48. The van der Waals surface area contributed by atoms with Crippen LogP contribution in [0.3, 0.4) is 0 Å². The van der Waals surface area contributed by atoms with Crippen LogP contribution in [0.25, 0.3) is 16.8 Å². The van der Waals surface area contributed by atoms with Crippen molar-refractivity contribution in [3.63, 3.8) is 0 Å². The molecule has 3 heterocycles. The van der Waals surface area contributed by atoms with E-state index in [0.29, 0.717) is 23.7 Å². The predicted octanol–water partition coefficient (Wildman–Crippen LogP) is 4.35. The van der Waals surface area contributed by atoms with Gasteiger partial charge in [-0.3, -0.25) is 9.20 Å². The molecule has 39 heavy (non-hydrogen) atoms. The first-order chi connectivity index (χ1) is 18.5. The minimum Gasteiger partial charge on any atom is -0.383 e. The Hall–Kier alpha value is -3.57. The number of aryl methyl sites for hydroxylation is 1. The number of methoxy groups -OCH3 is 1. The average molecular weight is 541 g/mol. The van der Waals surface area contributed by atoms with Crippen LogP contribution in [0.2, 0.25) is 0 Å². The normalized spacial score (nSPS) is 20.2. The molecule has 11 heteroatoms. The highest BCUT2D eigenvalue weighted by atomic mass is 19.4. The number of fused-ring (bicyclic) bond motifs is 1. The minimum atomic E-state index is -4.68. The van der Waals surface area contributed by atoms with Crippen LogP contribution in [-0.4, -0.2) is 43.9 Å². The number of nitrogens with zero attached hydrogens (tertiary/aromatic N) is 5. The van der Waals surface area contributed by atoms with Crippen LogP contribution in [-0.2, 0) is 29.9 Å². The molecular weight excluding hydrogens is 509 g/mol. The van der Waals surface area contributed by atoms with E-state index >= 15 is 0 Å². The van der Waals surface area contributed by atoms with Gasteiger partial charge in [-0.05, 0) is 54.5 Å². The van der Waals surface area contributed by atoms with E-state index < -0.39 is 22.9 Å². The number of rotatable bonds is 8. The highest BCUT2D eigenvalue weighted by molar-refractivity contribution is 5.66. The summed E-state index contributed by atoms with van der Waals surface area (Å²) in [5.74, 6) is 1.35. The van der Waals surface area contributed by atoms with Gasteiger partial charge < -0.3 is 14.6 Å². The van der Waals surface area contributed by atoms with Crippen molar-refractivity contribution in [2.24, 2.45) is 13.0 Å². The van der Waals surface area contributed by atoms with Gasteiger partial charge in [-0.2, -0.15) is 13.2 Å². The average Bonchev–Trinajstić information content (AvgIpc) is 3.31. The molecule has 0 spiro atoms. The number of halogens is 3. The van der Waals surface area contributed by atoms with E-state index in [2.05, 4.69) is 27.4 Å². The van der Waals surface area contributed by atoms with Crippen LogP contribution in [0.5, 0.6) is 0 Å². The second-order valence-corrected chi connectivity index (χ2v) is 10.6. The maximum absolute atomic E-state index is 14.0. The monoisotopic (exact) mass is 540 g/mol. The third-order valence-electron chi connectivity index (χ3n) is 7.50. The molecule has 1 saturated carbocycles. The number of ether oxygens (including phenoxy) is 1. The van der Waals surface area contributed by atoms with Gasteiger partial charge in [0.25, 0.3) is 5.56 Å². The van der Waals surface area contributed by atoms with E-state index in [1.54, 1.807) is 19.5 Å². The quantitative estimate of drug-likeness (QED) is 0.358. The summed E-state index contributed by atoms with van der Waals surface area (Å²) in [5.41, 5.74) is -0.177. The maximum atomic E-state index is 14.0. The van der Waals surface area contributed by atoms with E-state index in [1.165, 1.54) is 12.4 Å². The van der Waals surface area contributed by atoms with Gasteiger partial charge in [0.05, 0.1) is 23.1 Å². The first kappa shape index (κ1) is 27.0. The highest BCUT2D eigenvalue weighted by Crippen LogP contribution is 2.51. The van der Waals surface area contributed by atoms with Crippen molar-refractivity contribution in [3.05, 3.63) is 81.9 Å². The van der Waals surface area contributed by atoms with Crippen LogP contribution in [0.15, 0.2) is 53.8 Å². The minimum absolute atomic E-state index is 0.0839. The third-order valence-corrected chi connectivity index (χ3v) is 7.50. The van der Waals surface area contributed by atoms with Gasteiger partial charge in [-0.15, -0.1) is 10.2 Å². The molecule has 1 aliphatic carbocycles. The topological polar surface area (TPSA) is 86.3 Å². The number of pyridine rings is 1. The third kappa shape index (κ3) is 4.96. The number of alkyl halides is 3. The summed E-state index contributed by atoms with van der Waals surface area (Å²) in [7, 11) is 3.46. The Labute approximate surface area is 223 Å². The SMILES string of the molecule is COC[C@H](C)NCc1cc(C(F)(F)F)c2ncc(-c3cccc(C4(c5nncn5C)CC(C)C4)c3)c(=O)n2c1. The Bertz CT molecular complexity index is 1560. The lowest BCUT2D eigenvalue weighted by molar-refractivity contribution is -0.136. The molecule has 0 saturated heterocycles. The molecule has 0 unspecified atom stereocenters. The molecule has 8 nitrogen and oxygen atoms in total. The molecule has 5 rings (SSSR count). The van der Waals surface area contributed by atoms with Crippen molar-refractivity contribution in [1.29, 1.82) is 0 Å². The molecular formula is C28H31F3N6O2. The van der Waals surface area contributed by atoms with Crippen LogP contribution >= 0.6 is 0 Å². The molecule has 206 valence electrons. The molecule has 4 aromatic rings. The van der Waals surface area contributed by atoms with Crippen molar-refractivity contribution >= 4 is 5.65 Å². The summed E-state index contributed by atoms with van der Waals surface area (Å²) >= 11 is 0. The fraction of sp³-hybridized carbons (Fsp3) is 0.429. The van der Waals surface area contributed by atoms with Gasteiger partial charge in [-0.1, -0.05) is 25.1 Å². The van der Waals surface area contributed by atoms with Crippen LogP contribution in [0.1, 0.15) is 49.2 Å². The first-order valence-corrected chi connectivity index (χ1v) is 12.8.